The van der Waals surface area contributed by atoms with Crippen LogP contribution in [0, 0.1) is 0 Å². The number of fused-ring (bicyclic) bond motifs is 2. The highest BCUT2D eigenvalue weighted by molar-refractivity contribution is 7.90. The van der Waals surface area contributed by atoms with Gasteiger partial charge in [-0.25, -0.2) is 18.4 Å². The number of carbonyl (C=O) groups is 1. The standard InChI is InChI=1S/C19H17N3O3S/c1-26(24,25)16-6-4-13(5-7-16)19(23)22-10-8-17-15(12-22)11-14-3-2-9-20-18(14)21-17/h2-7,9,11H,8,10,12H2,1H3. The first-order chi connectivity index (χ1) is 12.4. The summed E-state index contributed by atoms with van der Waals surface area (Å²) in [6, 6.07) is 11.9. The third-order valence-corrected chi connectivity index (χ3v) is 5.68. The summed E-state index contributed by atoms with van der Waals surface area (Å²) < 4.78 is 23.1. The third kappa shape index (κ3) is 3.06. The minimum absolute atomic E-state index is 0.109. The van der Waals surface area contributed by atoms with Gasteiger partial charge in [-0.3, -0.25) is 4.79 Å². The molecule has 3 heterocycles. The molecule has 6 nitrogen and oxygen atoms in total. The maximum absolute atomic E-state index is 12.8. The van der Waals surface area contributed by atoms with E-state index in [1.165, 1.54) is 12.1 Å². The Morgan fingerprint density at radius 2 is 1.92 bits per heavy atom. The molecule has 4 rings (SSSR count). The fourth-order valence-corrected chi connectivity index (χ4v) is 3.80. The summed E-state index contributed by atoms with van der Waals surface area (Å²) >= 11 is 0. The van der Waals surface area contributed by atoms with Crippen molar-refractivity contribution in [2.24, 2.45) is 0 Å². The summed E-state index contributed by atoms with van der Waals surface area (Å²) in [5.41, 5.74) is 3.21. The van der Waals surface area contributed by atoms with Crippen LogP contribution in [0.1, 0.15) is 21.6 Å². The van der Waals surface area contributed by atoms with E-state index in [4.69, 9.17) is 0 Å². The first-order valence-corrected chi connectivity index (χ1v) is 10.1. The predicted octanol–water partition coefficient (Wildman–Crippen LogP) is 2.23. The normalized spacial score (nSPS) is 14.3. The summed E-state index contributed by atoms with van der Waals surface area (Å²) in [5.74, 6) is -0.109. The number of carbonyl (C=O) groups excluding carboxylic acids is 1. The second-order valence-corrected chi connectivity index (χ2v) is 8.43. The molecule has 0 N–H and O–H groups in total. The van der Waals surface area contributed by atoms with Crippen molar-refractivity contribution in [3.05, 3.63) is 65.5 Å². The number of benzene rings is 1. The number of pyridine rings is 2. The van der Waals surface area contributed by atoms with Gasteiger partial charge in [0.25, 0.3) is 5.91 Å². The van der Waals surface area contributed by atoms with Crippen LogP contribution >= 0.6 is 0 Å². The minimum atomic E-state index is -3.27. The van der Waals surface area contributed by atoms with Crippen molar-refractivity contribution in [2.45, 2.75) is 17.9 Å². The highest BCUT2D eigenvalue weighted by Gasteiger charge is 2.23. The molecule has 0 saturated carbocycles. The lowest BCUT2D eigenvalue weighted by Crippen LogP contribution is -2.36. The van der Waals surface area contributed by atoms with Gasteiger partial charge >= 0.3 is 0 Å². The molecule has 0 unspecified atom stereocenters. The number of amides is 1. The number of sulfone groups is 1. The molecule has 0 atom stereocenters. The van der Waals surface area contributed by atoms with Gasteiger partial charge < -0.3 is 4.90 Å². The second kappa shape index (κ2) is 6.17. The van der Waals surface area contributed by atoms with Gasteiger partial charge in [-0.05, 0) is 48.0 Å². The van der Waals surface area contributed by atoms with Crippen molar-refractivity contribution in [1.82, 2.24) is 14.9 Å². The average Bonchev–Trinajstić information content (AvgIpc) is 2.64. The molecule has 1 aliphatic rings. The van der Waals surface area contributed by atoms with Crippen LogP contribution in [0.15, 0.2) is 53.6 Å². The topological polar surface area (TPSA) is 80.2 Å². The quantitative estimate of drug-likeness (QED) is 0.694. The van der Waals surface area contributed by atoms with E-state index in [2.05, 4.69) is 9.97 Å². The van der Waals surface area contributed by atoms with Crippen LogP contribution in [0.2, 0.25) is 0 Å². The van der Waals surface area contributed by atoms with Crippen LogP contribution in [-0.4, -0.2) is 42.0 Å². The molecule has 3 aromatic rings. The monoisotopic (exact) mass is 367 g/mol. The summed E-state index contributed by atoms with van der Waals surface area (Å²) in [7, 11) is -3.27. The summed E-state index contributed by atoms with van der Waals surface area (Å²) in [6.07, 6.45) is 3.55. The van der Waals surface area contributed by atoms with Crippen LogP contribution in [0.3, 0.4) is 0 Å². The molecule has 2 aromatic heterocycles. The number of hydrogen-bond acceptors (Lipinski definition) is 5. The molecule has 0 bridgehead atoms. The van der Waals surface area contributed by atoms with E-state index in [-0.39, 0.29) is 10.8 Å². The maximum atomic E-state index is 12.8. The zero-order chi connectivity index (χ0) is 18.3. The van der Waals surface area contributed by atoms with E-state index in [1.54, 1.807) is 23.2 Å². The van der Waals surface area contributed by atoms with Gasteiger partial charge in [0.15, 0.2) is 15.5 Å². The van der Waals surface area contributed by atoms with E-state index in [0.29, 0.717) is 25.1 Å². The first kappa shape index (κ1) is 16.7. The Balaban J connectivity index is 1.60. The Hall–Kier alpha value is -2.80. The molecule has 1 aromatic carbocycles. The van der Waals surface area contributed by atoms with Gasteiger partial charge in [0.2, 0.25) is 0 Å². The van der Waals surface area contributed by atoms with Crippen LogP contribution in [0.25, 0.3) is 11.0 Å². The summed E-state index contributed by atoms with van der Waals surface area (Å²) in [4.78, 5) is 23.6. The lowest BCUT2D eigenvalue weighted by atomic mass is 10.0. The van der Waals surface area contributed by atoms with Gasteiger partial charge in [-0.15, -0.1) is 0 Å². The minimum Gasteiger partial charge on any atom is -0.334 e. The fourth-order valence-electron chi connectivity index (χ4n) is 3.17. The maximum Gasteiger partial charge on any atom is 0.254 e. The molecule has 0 saturated heterocycles. The Labute approximate surface area is 151 Å². The van der Waals surface area contributed by atoms with Crippen molar-refractivity contribution in [1.29, 1.82) is 0 Å². The zero-order valence-electron chi connectivity index (χ0n) is 14.2. The lowest BCUT2D eigenvalue weighted by Gasteiger charge is -2.28. The Morgan fingerprint density at radius 3 is 2.65 bits per heavy atom. The Kier molecular flexibility index (Phi) is 3.96. The predicted molar refractivity (Wildman–Crippen MR) is 97.5 cm³/mol. The van der Waals surface area contributed by atoms with Crippen LogP contribution in [0.5, 0.6) is 0 Å². The van der Waals surface area contributed by atoms with Crippen molar-refractivity contribution in [3.8, 4) is 0 Å². The Morgan fingerprint density at radius 1 is 1.15 bits per heavy atom. The molecule has 1 amide bonds. The van der Waals surface area contributed by atoms with Crippen molar-refractivity contribution in [2.75, 3.05) is 12.8 Å². The molecule has 132 valence electrons. The van der Waals surface area contributed by atoms with Crippen molar-refractivity contribution in [3.63, 3.8) is 0 Å². The Bertz CT molecular complexity index is 1110. The number of nitrogens with zero attached hydrogens (tertiary/aromatic N) is 3. The van der Waals surface area contributed by atoms with Crippen LogP contribution in [0.4, 0.5) is 0 Å². The van der Waals surface area contributed by atoms with Gasteiger partial charge in [-0.2, -0.15) is 0 Å². The van der Waals surface area contributed by atoms with Gasteiger partial charge in [0.1, 0.15) is 0 Å². The lowest BCUT2D eigenvalue weighted by molar-refractivity contribution is 0.0733. The molecule has 1 aliphatic heterocycles. The average molecular weight is 367 g/mol. The first-order valence-electron chi connectivity index (χ1n) is 8.25. The van der Waals surface area contributed by atoms with Crippen molar-refractivity contribution < 1.29 is 13.2 Å². The number of aromatic nitrogens is 2. The molecule has 26 heavy (non-hydrogen) atoms. The molecule has 0 fully saturated rings. The fraction of sp³-hybridized carbons (Fsp3) is 0.211. The molecule has 0 aliphatic carbocycles. The highest BCUT2D eigenvalue weighted by Crippen LogP contribution is 2.23. The molecule has 7 heteroatoms. The van der Waals surface area contributed by atoms with E-state index in [0.717, 1.165) is 28.5 Å². The molecular weight excluding hydrogens is 350 g/mol. The summed E-state index contributed by atoms with van der Waals surface area (Å²) in [5, 5.41) is 0.957. The molecular formula is C19H17N3O3S. The largest absolute Gasteiger partial charge is 0.334 e. The van der Waals surface area contributed by atoms with E-state index in [1.807, 2.05) is 18.2 Å². The smallest absolute Gasteiger partial charge is 0.254 e. The molecule has 0 spiro atoms. The number of rotatable bonds is 2. The number of hydrogen-bond donors (Lipinski definition) is 0. The highest BCUT2D eigenvalue weighted by atomic mass is 32.2. The SMILES string of the molecule is CS(=O)(=O)c1ccc(C(=O)N2CCc3nc4ncccc4cc3C2)cc1. The van der Waals surface area contributed by atoms with E-state index >= 15 is 0 Å². The van der Waals surface area contributed by atoms with Crippen LogP contribution < -0.4 is 0 Å². The molecule has 0 radical (unpaired) electrons. The summed E-state index contributed by atoms with van der Waals surface area (Å²) in [6.45, 7) is 1.06. The van der Waals surface area contributed by atoms with Crippen LogP contribution in [-0.2, 0) is 22.8 Å². The zero-order valence-corrected chi connectivity index (χ0v) is 15.0. The van der Waals surface area contributed by atoms with Gasteiger partial charge in [0.05, 0.1) is 4.90 Å². The van der Waals surface area contributed by atoms with Gasteiger partial charge in [-0.1, -0.05) is 0 Å². The third-order valence-electron chi connectivity index (χ3n) is 4.55. The van der Waals surface area contributed by atoms with Gasteiger partial charge in [0, 0.05) is 48.6 Å². The van der Waals surface area contributed by atoms with E-state index < -0.39 is 9.84 Å². The van der Waals surface area contributed by atoms with E-state index in [9.17, 15) is 13.2 Å². The second-order valence-electron chi connectivity index (χ2n) is 6.42. The van der Waals surface area contributed by atoms with Crippen molar-refractivity contribution >= 4 is 26.8 Å².